The van der Waals surface area contributed by atoms with E-state index in [4.69, 9.17) is 20.8 Å². The highest BCUT2D eigenvalue weighted by atomic mass is 32.2. The van der Waals surface area contributed by atoms with Crippen molar-refractivity contribution in [2.24, 2.45) is 5.73 Å². The van der Waals surface area contributed by atoms with E-state index in [2.05, 4.69) is 6.07 Å². The Morgan fingerprint density at radius 2 is 2.39 bits per heavy atom. The maximum absolute atomic E-state index is 10.6. The van der Waals surface area contributed by atoms with Crippen molar-refractivity contribution in [1.29, 1.82) is 5.26 Å². The predicted molar refractivity (Wildman–Crippen MR) is 69.5 cm³/mol. The number of hydrogen-bond donors (Lipinski definition) is 2. The second-order valence-electron chi connectivity index (χ2n) is 3.60. The van der Waals surface area contributed by atoms with Crippen LogP contribution in [0, 0.1) is 11.3 Å². The van der Waals surface area contributed by atoms with E-state index in [1.807, 2.05) is 0 Å². The second kappa shape index (κ2) is 6.89. The molecular formula is C12H14N2O3S. The van der Waals surface area contributed by atoms with Crippen LogP contribution in [-0.4, -0.2) is 30.0 Å². The van der Waals surface area contributed by atoms with Gasteiger partial charge in [0.15, 0.2) is 0 Å². The lowest BCUT2D eigenvalue weighted by Crippen LogP contribution is -2.32. The standard InChI is InChI=1S/C12H14N2O3S/c1-17-11-3-2-8(5-13)4-9(11)6-18-7-10(14)12(15)16/h2-4,10H,6-7,14H2,1H3,(H,15,16)/t10-/m1/s1. The summed E-state index contributed by atoms with van der Waals surface area (Å²) in [4.78, 5) is 10.6. The van der Waals surface area contributed by atoms with Gasteiger partial charge in [-0.2, -0.15) is 17.0 Å². The molecule has 0 saturated carbocycles. The molecule has 0 radical (unpaired) electrons. The van der Waals surface area contributed by atoms with Crippen molar-refractivity contribution in [2.45, 2.75) is 11.8 Å². The zero-order chi connectivity index (χ0) is 13.5. The SMILES string of the molecule is COc1ccc(C#N)cc1CSC[C@@H](N)C(=O)O. The van der Waals surface area contributed by atoms with E-state index in [0.717, 1.165) is 5.56 Å². The van der Waals surface area contributed by atoms with E-state index in [-0.39, 0.29) is 0 Å². The van der Waals surface area contributed by atoms with E-state index in [1.54, 1.807) is 25.3 Å². The van der Waals surface area contributed by atoms with Crippen LogP contribution >= 0.6 is 11.8 Å². The zero-order valence-corrected chi connectivity index (χ0v) is 10.7. The number of ether oxygens (including phenoxy) is 1. The topological polar surface area (TPSA) is 96.3 Å². The monoisotopic (exact) mass is 266 g/mol. The van der Waals surface area contributed by atoms with E-state index in [0.29, 0.717) is 22.8 Å². The fourth-order valence-electron chi connectivity index (χ4n) is 1.33. The molecule has 0 aromatic heterocycles. The highest BCUT2D eigenvalue weighted by Gasteiger charge is 2.12. The van der Waals surface area contributed by atoms with Gasteiger partial charge in [0.2, 0.25) is 0 Å². The van der Waals surface area contributed by atoms with Gasteiger partial charge in [-0.3, -0.25) is 4.79 Å². The maximum atomic E-state index is 10.6. The summed E-state index contributed by atoms with van der Waals surface area (Å²) in [6.45, 7) is 0. The molecule has 0 saturated heterocycles. The van der Waals surface area contributed by atoms with Gasteiger partial charge in [-0.05, 0) is 18.2 Å². The number of hydrogen-bond acceptors (Lipinski definition) is 5. The molecule has 1 rings (SSSR count). The van der Waals surface area contributed by atoms with Gasteiger partial charge in [-0.25, -0.2) is 0 Å². The Morgan fingerprint density at radius 1 is 1.67 bits per heavy atom. The lowest BCUT2D eigenvalue weighted by atomic mass is 10.1. The summed E-state index contributed by atoms with van der Waals surface area (Å²) >= 11 is 1.40. The van der Waals surface area contributed by atoms with E-state index < -0.39 is 12.0 Å². The smallest absolute Gasteiger partial charge is 0.321 e. The second-order valence-corrected chi connectivity index (χ2v) is 4.63. The highest BCUT2D eigenvalue weighted by molar-refractivity contribution is 7.98. The molecule has 1 aromatic carbocycles. The van der Waals surface area contributed by atoms with E-state index in [9.17, 15) is 4.79 Å². The summed E-state index contributed by atoms with van der Waals surface area (Å²) in [6.07, 6.45) is 0. The highest BCUT2D eigenvalue weighted by Crippen LogP contribution is 2.24. The number of nitriles is 1. The summed E-state index contributed by atoms with van der Waals surface area (Å²) in [6, 6.07) is 6.32. The Balaban J connectivity index is 2.66. The molecule has 0 bridgehead atoms. The summed E-state index contributed by atoms with van der Waals surface area (Å²) in [5, 5.41) is 17.5. The van der Waals surface area contributed by atoms with Gasteiger partial charge in [0.25, 0.3) is 0 Å². The maximum Gasteiger partial charge on any atom is 0.321 e. The minimum Gasteiger partial charge on any atom is -0.496 e. The molecule has 0 unspecified atom stereocenters. The van der Waals surface area contributed by atoms with Gasteiger partial charge >= 0.3 is 5.97 Å². The lowest BCUT2D eigenvalue weighted by molar-refractivity contribution is -0.137. The largest absolute Gasteiger partial charge is 0.496 e. The number of aliphatic carboxylic acids is 1. The fourth-order valence-corrected chi connectivity index (χ4v) is 2.29. The molecule has 3 N–H and O–H groups in total. The van der Waals surface area contributed by atoms with Crippen molar-refractivity contribution < 1.29 is 14.6 Å². The van der Waals surface area contributed by atoms with Gasteiger partial charge in [0, 0.05) is 17.1 Å². The van der Waals surface area contributed by atoms with Crippen molar-refractivity contribution in [3.8, 4) is 11.8 Å². The number of rotatable bonds is 6. The van der Waals surface area contributed by atoms with Gasteiger partial charge in [0.1, 0.15) is 11.8 Å². The first-order chi connectivity index (χ1) is 8.58. The van der Waals surface area contributed by atoms with Gasteiger partial charge in [-0.15, -0.1) is 0 Å². The Hall–Kier alpha value is -1.71. The van der Waals surface area contributed by atoms with Gasteiger partial charge in [0.05, 0.1) is 18.7 Å². The molecule has 6 heteroatoms. The molecule has 1 aromatic rings. The minimum absolute atomic E-state index is 0.315. The lowest BCUT2D eigenvalue weighted by Gasteiger charge is -2.10. The first kappa shape index (κ1) is 14.4. The number of nitrogens with two attached hydrogens (primary N) is 1. The third-order valence-corrected chi connectivity index (χ3v) is 3.39. The summed E-state index contributed by atoms with van der Waals surface area (Å²) in [7, 11) is 1.55. The Labute approximate surface area is 110 Å². The van der Waals surface area contributed by atoms with Crippen LogP contribution in [0.5, 0.6) is 5.75 Å². The van der Waals surface area contributed by atoms with Crippen molar-refractivity contribution in [3.63, 3.8) is 0 Å². The summed E-state index contributed by atoms with van der Waals surface area (Å²) in [5.74, 6) is 0.542. The summed E-state index contributed by atoms with van der Waals surface area (Å²) < 4.78 is 5.18. The molecule has 0 aliphatic heterocycles. The third-order valence-electron chi connectivity index (χ3n) is 2.28. The minimum atomic E-state index is -1.01. The van der Waals surface area contributed by atoms with Crippen LogP contribution in [-0.2, 0) is 10.5 Å². The van der Waals surface area contributed by atoms with Crippen molar-refractivity contribution in [2.75, 3.05) is 12.9 Å². The normalized spacial score (nSPS) is 11.6. The zero-order valence-electron chi connectivity index (χ0n) is 9.92. The molecule has 1 atom stereocenters. The predicted octanol–water partition coefficient (Wildman–Crippen LogP) is 1.21. The molecule has 0 spiro atoms. The molecule has 0 fully saturated rings. The van der Waals surface area contributed by atoms with Crippen LogP contribution in [0.2, 0.25) is 0 Å². The third kappa shape index (κ3) is 3.95. The quantitative estimate of drug-likeness (QED) is 0.803. The van der Waals surface area contributed by atoms with E-state index >= 15 is 0 Å². The summed E-state index contributed by atoms with van der Waals surface area (Å²) in [5.41, 5.74) is 6.81. The molecule has 0 heterocycles. The van der Waals surface area contributed by atoms with Crippen LogP contribution in [0.15, 0.2) is 18.2 Å². The number of thioether (sulfide) groups is 1. The molecule has 0 aliphatic carbocycles. The Morgan fingerprint density at radius 3 is 2.94 bits per heavy atom. The van der Waals surface area contributed by atoms with Crippen molar-refractivity contribution in [1.82, 2.24) is 0 Å². The number of carboxylic acid groups (broad SMARTS) is 1. The average Bonchev–Trinajstić information content (AvgIpc) is 2.38. The van der Waals surface area contributed by atoms with Crippen molar-refractivity contribution >= 4 is 17.7 Å². The average molecular weight is 266 g/mol. The van der Waals surface area contributed by atoms with E-state index in [1.165, 1.54) is 11.8 Å². The number of carbonyl (C=O) groups is 1. The van der Waals surface area contributed by atoms with Crippen LogP contribution in [0.4, 0.5) is 0 Å². The van der Waals surface area contributed by atoms with Crippen LogP contribution < -0.4 is 10.5 Å². The molecule has 0 amide bonds. The van der Waals surface area contributed by atoms with Crippen LogP contribution in [0.25, 0.3) is 0 Å². The number of nitrogens with zero attached hydrogens (tertiary/aromatic N) is 1. The molecule has 96 valence electrons. The van der Waals surface area contributed by atoms with Gasteiger partial charge in [-0.1, -0.05) is 0 Å². The Bertz CT molecular complexity index is 471. The van der Waals surface area contributed by atoms with Crippen LogP contribution in [0.3, 0.4) is 0 Å². The number of methoxy groups -OCH3 is 1. The first-order valence-corrected chi connectivity index (χ1v) is 6.37. The Kier molecular flexibility index (Phi) is 5.49. The van der Waals surface area contributed by atoms with Crippen molar-refractivity contribution in [3.05, 3.63) is 29.3 Å². The van der Waals surface area contributed by atoms with Crippen LogP contribution in [0.1, 0.15) is 11.1 Å². The fraction of sp³-hybridized carbons (Fsp3) is 0.333. The van der Waals surface area contributed by atoms with Gasteiger partial charge < -0.3 is 15.6 Å². The number of benzene rings is 1. The molecule has 5 nitrogen and oxygen atoms in total. The first-order valence-electron chi connectivity index (χ1n) is 5.21. The molecule has 18 heavy (non-hydrogen) atoms. The molecular weight excluding hydrogens is 252 g/mol. The number of carboxylic acids is 1. The molecule has 0 aliphatic rings.